The van der Waals surface area contributed by atoms with Gasteiger partial charge in [0.05, 0.1) is 18.3 Å². The van der Waals surface area contributed by atoms with E-state index in [0.717, 1.165) is 27.0 Å². The SMILES string of the molecule is Brc1ccc(CNc2ccc3[nH]ncc3c2)o1. The number of aromatic amines is 1. The molecule has 17 heavy (non-hydrogen) atoms. The van der Waals surface area contributed by atoms with Crippen LogP contribution in [0.4, 0.5) is 5.69 Å². The van der Waals surface area contributed by atoms with Crippen molar-refractivity contribution in [1.82, 2.24) is 10.2 Å². The van der Waals surface area contributed by atoms with E-state index in [1.165, 1.54) is 0 Å². The molecule has 0 saturated heterocycles. The summed E-state index contributed by atoms with van der Waals surface area (Å²) < 4.78 is 6.16. The number of furan rings is 1. The summed E-state index contributed by atoms with van der Waals surface area (Å²) in [4.78, 5) is 0. The highest BCUT2D eigenvalue weighted by molar-refractivity contribution is 9.10. The predicted octanol–water partition coefficient (Wildman–Crippen LogP) is 3.53. The van der Waals surface area contributed by atoms with Gasteiger partial charge in [-0.1, -0.05) is 0 Å². The van der Waals surface area contributed by atoms with Crippen molar-refractivity contribution in [1.29, 1.82) is 0 Å². The molecule has 0 radical (unpaired) electrons. The van der Waals surface area contributed by atoms with Crippen LogP contribution in [0.15, 0.2) is 45.6 Å². The number of anilines is 1. The molecule has 0 bridgehead atoms. The highest BCUT2D eigenvalue weighted by Crippen LogP contribution is 2.19. The van der Waals surface area contributed by atoms with Crippen molar-refractivity contribution >= 4 is 32.5 Å². The lowest BCUT2D eigenvalue weighted by Gasteiger charge is -2.03. The van der Waals surface area contributed by atoms with Gasteiger partial charge in [0, 0.05) is 11.1 Å². The topological polar surface area (TPSA) is 53.9 Å². The van der Waals surface area contributed by atoms with E-state index >= 15 is 0 Å². The van der Waals surface area contributed by atoms with Gasteiger partial charge in [-0.05, 0) is 46.3 Å². The van der Waals surface area contributed by atoms with Gasteiger partial charge in [-0.3, -0.25) is 5.10 Å². The molecule has 0 fully saturated rings. The number of rotatable bonds is 3. The Labute approximate surface area is 106 Å². The molecule has 2 N–H and O–H groups in total. The first-order valence-electron chi connectivity index (χ1n) is 5.22. The smallest absolute Gasteiger partial charge is 0.169 e. The Morgan fingerprint density at radius 3 is 3.06 bits per heavy atom. The molecule has 3 rings (SSSR count). The zero-order valence-electron chi connectivity index (χ0n) is 8.90. The van der Waals surface area contributed by atoms with Gasteiger partial charge in [-0.25, -0.2) is 0 Å². The van der Waals surface area contributed by atoms with E-state index in [2.05, 4.69) is 37.5 Å². The molecule has 0 aliphatic carbocycles. The zero-order valence-corrected chi connectivity index (χ0v) is 10.5. The first-order valence-corrected chi connectivity index (χ1v) is 6.02. The fourth-order valence-electron chi connectivity index (χ4n) is 1.69. The number of H-pyrrole nitrogens is 1. The molecule has 2 aromatic heterocycles. The van der Waals surface area contributed by atoms with Crippen LogP contribution in [0.25, 0.3) is 10.9 Å². The van der Waals surface area contributed by atoms with Crippen LogP contribution in [0.1, 0.15) is 5.76 Å². The Morgan fingerprint density at radius 2 is 2.24 bits per heavy atom. The fraction of sp³-hybridized carbons (Fsp3) is 0.0833. The van der Waals surface area contributed by atoms with Gasteiger partial charge < -0.3 is 9.73 Å². The maximum atomic E-state index is 5.41. The van der Waals surface area contributed by atoms with Crippen molar-refractivity contribution in [3.8, 4) is 0 Å². The number of nitrogens with one attached hydrogen (secondary N) is 2. The molecule has 5 heteroatoms. The van der Waals surface area contributed by atoms with Gasteiger partial charge in [0.2, 0.25) is 0 Å². The number of benzene rings is 1. The molecule has 0 unspecified atom stereocenters. The molecule has 0 amide bonds. The molecular formula is C12H10BrN3O. The third-order valence-electron chi connectivity index (χ3n) is 2.54. The van der Waals surface area contributed by atoms with Crippen molar-refractivity contribution in [2.24, 2.45) is 0 Å². The Hall–Kier alpha value is -1.75. The van der Waals surface area contributed by atoms with Gasteiger partial charge in [0.15, 0.2) is 4.67 Å². The van der Waals surface area contributed by atoms with Gasteiger partial charge in [-0.2, -0.15) is 5.10 Å². The number of halogens is 1. The molecule has 0 spiro atoms. The molecule has 0 aliphatic rings. The largest absolute Gasteiger partial charge is 0.452 e. The number of fused-ring (bicyclic) bond motifs is 1. The Morgan fingerprint density at radius 1 is 1.29 bits per heavy atom. The lowest BCUT2D eigenvalue weighted by atomic mass is 10.2. The number of hydrogen-bond donors (Lipinski definition) is 2. The third-order valence-corrected chi connectivity index (χ3v) is 2.96. The molecule has 0 atom stereocenters. The number of nitrogens with zero attached hydrogens (tertiary/aromatic N) is 1. The molecule has 86 valence electrons. The molecule has 0 saturated carbocycles. The zero-order chi connectivity index (χ0) is 11.7. The summed E-state index contributed by atoms with van der Waals surface area (Å²) in [5, 5.41) is 11.3. The number of aromatic nitrogens is 2. The quantitative estimate of drug-likeness (QED) is 0.776. The third kappa shape index (κ3) is 2.19. The van der Waals surface area contributed by atoms with E-state index < -0.39 is 0 Å². The fourth-order valence-corrected chi connectivity index (χ4v) is 2.03. The monoisotopic (exact) mass is 291 g/mol. The molecule has 0 aliphatic heterocycles. The van der Waals surface area contributed by atoms with Crippen LogP contribution in [-0.2, 0) is 6.54 Å². The maximum Gasteiger partial charge on any atom is 0.169 e. The average molecular weight is 292 g/mol. The summed E-state index contributed by atoms with van der Waals surface area (Å²) in [6.45, 7) is 0.662. The van der Waals surface area contributed by atoms with E-state index in [4.69, 9.17) is 4.42 Å². The minimum Gasteiger partial charge on any atom is -0.452 e. The first-order chi connectivity index (χ1) is 8.31. The summed E-state index contributed by atoms with van der Waals surface area (Å²) in [5.41, 5.74) is 2.09. The van der Waals surface area contributed by atoms with Crippen molar-refractivity contribution in [2.45, 2.75) is 6.54 Å². The van der Waals surface area contributed by atoms with Crippen LogP contribution in [0.2, 0.25) is 0 Å². The van der Waals surface area contributed by atoms with Crippen molar-refractivity contribution in [2.75, 3.05) is 5.32 Å². The van der Waals surface area contributed by atoms with E-state index in [1.807, 2.05) is 30.5 Å². The van der Waals surface area contributed by atoms with Gasteiger partial charge in [0.25, 0.3) is 0 Å². The van der Waals surface area contributed by atoms with E-state index in [0.29, 0.717) is 6.54 Å². The van der Waals surface area contributed by atoms with E-state index in [9.17, 15) is 0 Å². The second-order valence-corrected chi connectivity index (χ2v) is 4.51. The van der Waals surface area contributed by atoms with Crippen LogP contribution in [0.3, 0.4) is 0 Å². The molecule has 4 nitrogen and oxygen atoms in total. The Bertz CT molecular complexity index is 644. The lowest BCUT2D eigenvalue weighted by molar-refractivity contribution is 0.495. The number of hydrogen-bond acceptors (Lipinski definition) is 3. The standard InChI is InChI=1S/C12H10BrN3O/c13-12-4-2-10(17-12)7-14-9-1-3-11-8(5-9)6-15-16-11/h1-6,14H,7H2,(H,15,16). The second kappa shape index (κ2) is 4.25. The molecular weight excluding hydrogens is 282 g/mol. The predicted molar refractivity (Wildman–Crippen MR) is 69.8 cm³/mol. The Balaban J connectivity index is 1.76. The summed E-state index contributed by atoms with van der Waals surface area (Å²) in [7, 11) is 0. The summed E-state index contributed by atoms with van der Waals surface area (Å²) >= 11 is 3.28. The minimum absolute atomic E-state index is 0.662. The molecule has 1 aromatic carbocycles. The second-order valence-electron chi connectivity index (χ2n) is 3.73. The molecule has 2 heterocycles. The Kier molecular flexibility index (Phi) is 2.60. The van der Waals surface area contributed by atoms with Crippen LogP contribution in [-0.4, -0.2) is 10.2 Å². The molecule has 3 aromatic rings. The van der Waals surface area contributed by atoms with E-state index in [-0.39, 0.29) is 0 Å². The summed E-state index contributed by atoms with van der Waals surface area (Å²) in [6.07, 6.45) is 1.81. The van der Waals surface area contributed by atoms with Gasteiger partial charge in [0.1, 0.15) is 5.76 Å². The first kappa shape index (κ1) is 10.4. The van der Waals surface area contributed by atoms with Crippen LogP contribution < -0.4 is 5.32 Å². The van der Waals surface area contributed by atoms with Gasteiger partial charge >= 0.3 is 0 Å². The normalized spacial score (nSPS) is 10.9. The highest BCUT2D eigenvalue weighted by Gasteiger charge is 2.01. The van der Waals surface area contributed by atoms with Crippen molar-refractivity contribution < 1.29 is 4.42 Å². The summed E-state index contributed by atoms with van der Waals surface area (Å²) in [6, 6.07) is 9.89. The summed E-state index contributed by atoms with van der Waals surface area (Å²) in [5.74, 6) is 0.893. The average Bonchev–Trinajstić information content (AvgIpc) is 2.94. The van der Waals surface area contributed by atoms with Crippen molar-refractivity contribution in [3.05, 3.63) is 47.0 Å². The van der Waals surface area contributed by atoms with E-state index in [1.54, 1.807) is 0 Å². The van der Waals surface area contributed by atoms with Crippen LogP contribution in [0.5, 0.6) is 0 Å². The highest BCUT2D eigenvalue weighted by atomic mass is 79.9. The maximum absolute atomic E-state index is 5.41. The lowest BCUT2D eigenvalue weighted by Crippen LogP contribution is -1.97. The van der Waals surface area contributed by atoms with Crippen molar-refractivity contribution in [3.63, 3.8) is 0 Å². The van der Waals surface area contributed by atoms with Crippen LogP contribution in [0, 0.1) is 0 Å². The minimum atomic E-state index is 0.662. The van der Waals surface area contributed by atoms with Gasteiger partial charge in [-0.15, -0.1) is 0 Å². The van der Waals surface area contributed by atoms with Crippen LogP contribution >= 0.6 is 15.9 Å².